The molecule has 6 heteroatoms. The van der Waals surface area contributed by atoms with Gasteiger partial charge in [0, 0.05) is 6.04 Å². The molecule has 1 rings (SSSR count). The van der Waals surface area contributed by atoms with Gasteiger partial charge in [-0.05, 0) is 29.8 Å². The standard InChI is InChI=1S/C7H9BrN2O2S/c1-4(2)10(7(11)12)6-9-3-5(8)13-6/h3-4H,1-2H3,(H,11,12). The molecular formula is C7H9BrN2O2S. The number of carboxylic acid groups (broad SMARTS) is 1. The van der Waals surface area contributed by atoms with Crippen LogP contribution in [0.4, 0.5) is 9.93 Å². The first kappa shape index (κ1) is 10.5. The summed E-state index contributed by atoms with van der Waals surface area (Å²) in [6.07, 6.45) is 0.620. The van der Waals surface area contributed by atoms with Crippen LogP contribution in [0.3, 0.4) is 0 Å². The van der Waals surface area contributed by atoms with Crippen molar-refractivity contribution in [3.8, 4) is 0 Å². The van der Waals surface area contributed by atoms with Gasteiger partial charge in [-0.15, -0.1) is 0 Å². The van der Waals surface area contributed by atoms with Crippen LogP contribution in [0.5, 0.6) is 0 Å². The van der Waals surface area contributed by atoms with Gasteiger partial charge in [0.15, 0.2) is 5.13 Å². The van der Waals surface area contributed by atoms with Gasteiger partial charge in [-0.2, -0.15) is 0 Å². The molecule has 0 aliphatic carbocycles. The number of carbonyl (C=O) groups is 1. The van der Waals surface area contributed by atoms with Crippen molar-refractivity contribution in [3.63, 3.8) is 0 Å². The number of nitrogens with zero attached hydrogens (tertiary/aromatic N) is 2. The zero-order valence-electron chi connectivity index (χ0n) is 7.19. The Morgan fingerprint density at radius 3 is 2.69 bits per heavy atom. The summed E-state index contributed by atoms with van der Waals surface area (Å²) in [5.41, 5.74) is 0. The lowest BCUT2D eigenvalue weighted by molar-refractivity contribution is 0.200. The van der Waals surface area contributed by atoms with E-state index in [0.29, 0.717) is 5.13 Å². The average molecular weight is 265 g/mol. The summed E-state index contributed by atoms with van der Waals surface area (Å²) in [5, 5.41) is 9.38. The van der Waals surface area contributed by atoms with Crippen LogP contribution < -0.4 is 4.90 Å². The van der Waals surface area contributed by atoms with Crippen LogP contribution >= 0.6 is 27.3 Å². The first-order chi connectivity index (χ1) is 6.02. The number of anilines is 1. The van der Waals surface area contributed by atoms with Gasteiger partial charge in [-0.25, -0.2) is 9.78 Å². The van der Waals surface area contributed by atoms with Gasteiger partial charge in [0.2, 0.25) is 0 Å². The van der Waals surface area contributed by atoms with Crippen molar-refractivity contribution in [2.75, 3.05) is 4.90 Å². The van der Waals surface area contributed by atoms with E-state index in [1.807, 2.05) is 13.8 Å². The molecule has 1 N–H and O–H groups in total. The Kier molecular flexibility index (Phi) is 3.27. The molecule has 1 aromatic rings. The van der Waals surface area contributed by atoms with E-state index in [4.69, 9.17) is 5.11 Å². The Morgan fingerprint density at radius 2 is 2.38 bits per heavy atom. The third-order valence-electron chi connectivity index (χ3n) is 1.39. The van der Waals surface area contributed by atoms with Gasteiger partial charge in [-0.1, -0.05) is 11.3 Å². The Bertz CT molecular complexity index is 313. The number of thiazole rings is 1. The summed E-state index contributed by atoms with van der Waals surface area (Å²) in [5.74, 6) is 0. The van der Waals surface area contributed by atoms with Crippen molar-refractivity contribution in [3.05, 3.63) is 9.98 Å². The molecule has 0 bridgehead atoms. The monoisotopic (exact) mass is 264 g/mol. The molecule has 0 atom stereocenters. The molecule has 0 fully saturated rings. The Morgan fingerprint density at radius 1 is 1.77 bits per heavy atom. The van der Waals surface area contributed by atoms with E-state index >= 15 is 0 Å². The minimum atomic E-state index is -0.975. The highest BCUT2D eigenvalue weighted by Gasteiger charge is 2.20. The van der Waals surface area contributed by atoms with Crippen LogP contribution in [0, 0.1) is 0 Å². The molecule has 0 aliphatic rings. The van der Waals surface area contributed by atoms with Gasteiger partial charge in [0.25, 0.3) is 0 Å². The molecular weight excluding hydrogens is 256 g/mol. The quantitative estimate of drug-likeness (QED) is 0.894. The number of amides is 1. The fourth-order valence-electron chi connectivity index (χ4n) is 0.881. The molecule has 13 heavy (non-hydrogen) atoms. The number of rotatable bonds is 2. The second-order valence-corrected chi connectivity index (χ2v) is 5.08. The first-order valence-electron chi connectivity index (χ1n) is 3.66. The molecule has 1 heterocycles. The van der Waals surface area contributed by atoms with E-state index in [1.54, 1.807) is 6.20 Å². The van der Waals surface area contributed by atoms with E-state index in [-0.39, 0.29) is 6.04 Å². The third-order valence-corrected chi connectivity index (χ3v) is 2.87. The van der Waals surface area contributed by atoms with Crippen LogP contribution in [-0.2, 0) is 0 Å². The van der Waals surface area contributed by atoms with E-state index in [9.17, 15) is 4.79 Å². The predicted molar refractivity (Wildman–Crippen MR) is 55.5 cm³/mol. The minimum Gasteiger partial charge on any atom is -0.465 e. The molecule has 1 aromatic heterocycles. The van der Waals surface area contributed by atoms with E-state index < -0.39 is 6.09 Å². The average Bonchev–Trinajstić information content (AvgIpc) is 2.34. The molecule has 0 radical (unpaired) electrons. The SMILES string of the molecule is CC(C)N(C(=O)O)c1ncc(Br)s1. The number of aromatic nitrogens is 1. The molecule has 0 aromatic carbocycles. The Balaban J connectivity index is 2.95. The maximum atomic E-state index is 10.8. The van der Waals surface area contributed by atoms with E-state index in [2.05, 4.69) is 20.9 Å². The van der Waals surface area contributed by atoms with Gasteiger partial charge < -0.3 is 5.11 Å². The zero-order chi connectivity index (χ0) is 10.0. The number of halogens is 1. The minimum absolute atomic E-state index is 0.101. The highest BCUT2D eigenvalue weighted by atomic mass is 79.9. The lowest BCUT2D eigenvalue weighted by atomic mass is 10.4. The van der Waals surface area contributed by atoms with Gasteiger partial charge in [0.05, 0.1) is 9.98 Å². The van der Waals surface area contributed by atoms with E-state index in [0.717, 1.165) is 3.79 Å². The highest BCUT2D eigenvalue weighted by molar-refractivity contribution is 9.11. The summed E-state index contributed by atoms with van der Waals surface area (Å²) >= 11 is 4.54. The predicted octanol–water partition coefficient (Wildman–Crippen LogP) is 2.80. The lowest BCUT2D eigenvalue weighted by Gasteiger charge is -2.19. The fourth-order valence-corrected chi connectivity index (χ4v) is 2.19. The largest absolute Gasteiger partial charge is 0.465 e. The fraction of sp³-hybridized carbons (Fsp3) is 0.429. The summed E-state index contributed by atoms with van der Waals surface area (Å²) in [6, 6.07) is -0.101. The molecule has 0 aliphatic heterocycles. The van der Waals surface area contributed by atoms with Crippen LogP contribution in [0.15, 0.2) is 9.98 Å². The summed E-state index contributed by atoms with van der Waals surface area (Å²) in [6.45, 7) is 3.62. The number of hydrogen-bond acceptors (Lipinski definition) is 3. The van der Waals surface area contributed by atoms with Gasteiger partial charge >= 0.3 is 6.09 Å². The summed E-state index contributed by atoms with van der Waals surface area (Å²) in [7, 11) is 0. The Labute approximate surface area is 88.3 Å². The highest BCUT2D eigenvalue weighted by Crippen LogP contribution is 2.27. The molecule has 0 spiro atoms. The molecule has 1 amide bonds. The lowest BCUT2D eigenvalue weighted by Crippen LogP contribution is -2.35. The van der Waals surface area contributed by atoms with Crippen molar-refractivity contribution < 1.29 is 9.90 Å². The molecule has 4 nitrogen and oxygen atoms in total. The maximum absolute atomic E-state index is 10.8. The second-order valence-electron chi connectivity index (χ2n) is 2.69. The van der Waals surface area contributed by atoms with Crippen LogP contribution in [0.2, 0.25) is 0 Å². The summed E-state index contributed by atoms with van der Waals surface area (Å²) < 4.78 is 0.828. The Hall–Kier alpha value is -0.620. The topological polar surface area (TPSA) is 53.4 Å². The van der Waals surface area contributed by atoms with Gasteiger partial charge in [-0.3, -0.25) is 4.90 Å². The smallest absolute Gasteiger partial charge is 0.413 e. The zero-order valence-corrected chi connectivity index (χ0v) is 9.59. The number of hydrogen-bond donors (Lipinski definition) is 1. The first-order valence-corrected chi connectivity index (χ1v) is 5.27. The second kappa shape index (κ2) is 4.06. The van der Waals surface area contributed by atoms with Crippen LogP contribution in [0.25, 0.3) is 0 Å². The molecule has 0 unspecified atom stereocenters. The molecule has 0 saturated carbocycles. The van der Waals surface area contributed by atoms with Crippen molar-refractivity contribution in [1.82, 2.24) is 4.98 Å². The molecule has 0 saturated heterocycles. The van der Waals surface area contributed by atoms with Crippen LogP contribution in [0.1, 0.15) is 13.8 Å². The van der Waals surface area contributed by atoms with Crippen molar-refractivity contribution in [2.24, 2.45) is 0 Å². The van der Waals surface area contributed by atoms with Crippen molar-refractivity contribution >= 4 is 38.5 Å². The third kappa shape index (κ3) is 2.41. The molecule has 72 valence electrons. The van der Waals surface area contributed by atoms with Crippen molar-refractivity contribution in [2.45, 2.75) is 19.9 Å². The maximum Gasteiger partial charge on any atom is 0.413 e. The normalized spacial score (nSPS) is 10.5. The summed E-state index contributed by atoms with van der Waals surface area (Å²) in [4.78, 5) is 16.0. The van der Waals surface area contributed by atoms with Crippen molar-refractivity contribution in [1.29, 1.82) is 0 Å². The van der Waals surface area contributed by atoms with Crippen LogP contribution in [-0.4, -0.2) is 22.2 Å². The van der Waals surface area contributed by atoms with E-state index in [1.165, 1.54) is 16.2 Å². The van der Waals surface area contributed by atoms with Gasteiger partial charge in [0.1, 0.15) is 0 Å².